The molecule has 0 radical (unpaired) electrons. The molecule has 1 amide bonds. The quantitative estimate of drug-likeness (QED) is 0.249. The number of halogens is 3. The highest BCUT2D eigenvalue weighted by molar-refractivity contribution is 6.01. The number of aromatic nitrogens is 3. The van der Waals surface area contributed by atoms with E-state index in [1.165, 1.54) is 17.6 Å². The van der Waals surface area contributed by atoms with Crippen LogP contribution in [0.25, 0.3) is 27.6 Å². The number of carbonyl (C=O) groups excluding carboxylic acids is 1. The molecule has 41 heavy (non-hydrogen) atoms. The zero-order valence-electron chi connectivity index (χ0n) is 24.7. The molecule has 0 aliphatic rings. The lowest BCUT2D eigenvalue weighted by atomic mass is 10.1. The van der Waals surface area contributed by atoms with Crippen LogP contribution in [0.5, 0.6) is 0 Å². The van der Waals surface area contributed by atoms with Crippen LogP contribution in [0.4, 0.5) is 18.0 Å². The Balaban J connectivity index is 0.000000282. The topological polar surface area (TPSA) is 84.1 Å². The van der Waals surface area contributed by atoms with Gasteiger partial charge in [0.05, 0.1) is 16.6 Å². The van der Waals surface area contributed by atoms with Gasteiger partial charge in [0.15, 0.2) is 0 Å². The fraction of sp³-hybridized carbons (Fsp3) is 0.419. The first-order chi connectivity index (χ1) is 19.2. The van der Waals surface area contributed by atoms with Crippen molar-refractivity contribution >= 4 is 28.0 Å². The van der Waals surface area contributed by atoms with Crippen LogP contribution in [0, 0.1) is 19.3 Å². The fourth-order valence-electron chi connectivity index (χ4n) is 4.37. The molecule has 220 valence electrons. The van der Waals surface area contributed by atoms with Gasteiger partial charge in [-0.3, -0.25) is 15.0 Å². The lowest BCUT2D eigenvalue weighted by Crippen LogP contribution is -2.37. The van der Waals surface area contributed by atoms with Crippen molar-refractivity contribution in [2.45, 2.75) is 73.1 Å². The van der Waals surface area contributed by atoms with Crippen LogP contribution >= 0.6 is 0 Å². The molecule has 0 spiro atoms. The summed E-state index contributed by atoms with van der Waals surface area (Å²) in [7, 11) is 0. The maximum atomic E-state index is 13.4. The minimum Gasteiger partial charge on any atom is -0.444 e. The Morgan fingerprint density at radius 3 is 2.24 bits per heavy atom. The van der Waals surface area contributed by atoms with Gasteiger partial charge in [-0.25, -0.2) is 9.78 Å². The number of pyridine rings is 3. The number of amides is 1. The largest absolute Gasteiger partial charge is 0.444 e. The predicted octanol–water partition coefficient (Wildman–Crippen LogP) is 7.73. The number of hydrogen-bond acceptors (Lipinski definition) is 5. The van der Waals surface area contributed by atoms with Crippen LogP contribution in [0.15, 0.2) is 48.7 Å². The van der Waals surface area contributed by atoms with Crippen LogP contribution in [0.1, 0.15) is 64.3 Å². The first-order valence-corrected chi connectivity index (χ1v) is 13.6. The van der Waals surface area contributed by atoms with Crippen molar-refractivity contribution in [1.29, 1.82) is 5.41 Å². The summed E-state index contributed by atoms with van der Waals surface area (Å²) in [6.45, 7) is 14.6. The maximum absolute atomic E-state index is 13.4. The Bertz CT molecular complexity index is 1580. The summed E-state index contributed by atoms with van der Waals surface area (Å²) in [5, 5.41) is 9.03. The summed E-state index contributed by atoms with van der Waals surface area (Å²) >= 11 is 0. The molecule has 0 aliphatic carbocycles. The molecular weight excluding hydrogens is 531 g/mol. The van der Waals surface area contributed by atoms with Crippen LogP contribution < -0.4 is 5.49 Å². The van der Waals surface area contributed by atoms with Crippen molar-refractivity contribution in [2.24, 2.45) is 0 Å². The highest BCUT2D eigenvalue weighted by Gasteiger charge is 2.32. The van der Waals surface area contributed by atoms with Gasteiger partial charge in [-0.1, -0.05) is 19.9 Å². The van der Waals surface area contributed by atoms with Crippen LogP contribution in [0.3, 0.4) is 0 Å². The summed E-state index contributed by atoms with van der Waals surface area (Å²) < 4.78 is 46.9. The van der Waals surface area contributed by atoms with Crippen LogP contribution in [-0.2, 0) is 10.9 Å². The monoisotopic (exact) mass is 569 g/mol. The van der Waals surface area contributed by atoms with E-state index in [2.05, 4.69) is 23.8 Å². The minimum atomic E-state index is -4.47. The molecule has 0 atom stereocenters. The lowest BCUT2D eigenvalue weighted by Gasteiger charge is -2.26. The number of nitrogens with one attached hydrogen (secondary N) is 1. The molecule has 7 nitrogen and oxygen atoms in total. The third-order valence-electron chi connectivity index (χ3n) is 6.16. The van der Waals surface area contributed by atoms with Gasteiger partial charge in [0.1, 0.15) is 16.6 Å². The molecule has 0 saturated heterocycles. The number of benzene rings is 1. The Kier molecular flexibility index (Phi) is 9.78. The summed E-state index contributed by atoms with van der Waals surface area (Å²) in [5.74, 6) is 0. The molecule has 0 unspecified atom stereocenters. The van der Waals surface area contributed by atoms with E-state index < -0.39 is 17.3 Å². The van der Waals surface area contributed by atoms with Crippen molar-refractivity contribution in [1.82, 2.24) is 19.4 Å². The summed E-state index contributed by atoms with van der Waals surface area (Å²) in [6.07, 6.45) is -1.07. The molecule has 10 heteroatoms. The van der Waals surface area contributed by atoms with Crippen molar-refractivity contribution < 1.29 is 22.7 Å². The van der Waals surface area contributed by atoms with Crippen molar-refractivity contribution in [3.8, 4) is 5.69 Å². The molecule has 1 aromatic carbocycles. The van der Waals surface area contributed by atoms with Gasteiger partial charge in [0, 0.05) is 36.1 Å². The number of nitrogens with zero attached hydrogens (tertiary/aromatic N) is 4. The van der Waals surface area contributed by atoms with Gasteiger partial charge in [-0.05, 0) is 89.4 Å². The first-order valence-electron chi connectivity index (χ1n) is 13.6. The average Bonchev–Trinajstić information content (AvgIpc) is 2.87. The number of hydrogen-bond donors (Lipinski definition) is 1. The van der Waals surface area contributed by atoms with Gasteiger partial charge in [-0.15, -0.1) is 0 Å². The Labute approximate surface area is 238 Å². The van der Waals surface area contributed by atoms with Gasteiger partial charge < -0.3 is 9.64 Å². The molecule has 0 saturated carbocycles. The van der Waals surface area contributed by atoms with Gasteiger partial charge in [0.25, 0.3) is 0 Å². The molecule has 0 aliphatic heterocycles. The number of alkyl halides is 3. The van der Waals surface area contributed by atoms with Crippen LogP contribution in [-0.4, -0.2) is 44.2 Å². The van der Waals surface area contributed by atoms with Crippen LogP contribution in [0.2, 0.25) is 0 Å². The number of ether oxygens (including phenoxy) is 1. The van der Waals surface area contributed by atoms with E-state index in [-0.39, 0.29) is 22.8 Å². The average molecular weight is 570 g/mol. The second-order valence-electron chi connectivity index (χ2n) is 10.9. The molecule has 3 heterocycles. The van der Waals surface area contributed by atoms with E-state index in [9.17, 15) is 18.0 Å². The Hall–Kier alpha value is -3.95. The summed E-state index contributed by atoms with van der Waals surface area (Å²) in [6, 6.07) is 11.0. The van der Waals surface area contributed by atoms with E-state index in [0.29, 0.717) is 21.9 Å². The molecule has 4 rings (SSSR count). The summed E-state index contributed by atoms with van der Waals surface area (Å²) in [5.41, 5.74) is 1.86. The SMILES string of the molecule is CCCN(CCC)C(=O)OC(C)(C)C.Cc1ccc2ncc3ccc(=N)n(-c4ccc(C)c(C(F)(F)F)c4)c3c2n1. The molecule has 0 fully saturated rings. The van der Waals surface area contributed by atoms with Gasteiger partial charge >= 0.3 is 12.3 Å². The summed E-state index contributed by atoms with van der Waals surface area (Å²) in [4.78, 5) is 22.3. The number of carbonyl (C=O) groups is 1. The number of rotatable bonds is 5. The minimum absolute atomic E-state index is 0.0651. The second kappa shape index (κ2) is 12.7. The normalized spacial score (nSPS) is 11.8. The smallest absolute Gasteiger partial charge is 0.416 e. The van der Waals surface area contributed by atoms with E-state index in [0.717, 1.165) is 37.7 Å². The second-order valence-corrected chi connectivity index (χ2v) is 10.9. The Morgan fingerprint density at radius 1 is 1.00 bits per heavy atom. The van der Waals surface area contributed by atoms with Crippen molar-refractivity contribution in [3.63, 3.8) is 0 Å². The number of aryl methyl sites for hydroxylation is 2. The number of fused-ring (bicyclic) bond motifs is 3. The van der Waals surface area contributed by atoms with Crippen molar-refractivity contribution in [2.75, 3.05) is 13.1 Å². The highest BCUT2D eigenvalue weighted by Crippen LogP contribution is 2.33. The zero-order valence-corrected chi connectivity index (χ0v) is 24.7. The highest BCUT2D eigenvalue weighted by atomic mass is 19.4. The first kappa shape index (κ1) is 31.6. The molecule has 3 aromatic heterocycles. The lowest BCUT2D eigenvalue weighted by molar-refractivity contribution is -0.138. The maximum Gasteiger partial charge on any atom is 0.416 e. The van der Waals surface area contributed by atoms with Gasteiger partial charge in [-0.2, -0.15) is 13.2 Å². The van der Waals surface area contributed by atoms with Gasteiger partial charge in [0.2, 0.25) is 0 Å². The third kappa shape index (κ3) is 7.83. The Morgan fingerprint density at radius 2 is 1.66 bits per heavy atom. The molecule has 1 N–H and O–H groups in total. The third-order valence-corrected chi connectivity index (χ3v) is 6.16. The predicted molar refractivity (Wildman–Crippen MR) is 155 cm³/mol. The molecular formula is C31H38F3N5O2. The molecule has 0 bridgehead atoms. The van der Waals surface area contributed by atoms with Crippen molar-refractivity contribution in [3.05, 3.63) is 71.0 Å². The van der Waals surface area contributed by atoms with E-state index in [1.54, 1.807) is 29.3 Å². The molecule has 4 aromatic rings. The standard InChI is InChI=1S/C20H15F3N4.C11H23NO2/c1-11-3-6-14(9-15(11)20(21,22)23)27-17(24)8-5-13-10-25-16-7-4-12(2)26-18(16)19(13)27;1-6-8-12(9-7-2)10(13)14-11(3,4)5/h3-10,24H,1-2H3;6-9H2,1-5H3. The zero-order chi connectivity index (χ0) is 30.5. The van der Waals surface area contributed by atoms with E-state index >= 15 is 0 Å². The van der Waals surface area contributed by atoms with E-state index in [4.69, 9.17) is 10.1 Å². The fourth-order valence-corrected chi connectivity index (χ4v) is 4.37. The van der Waals surface area contributed by atoms with E-state index in [1.807, 2.05) is 39.8 Å².